The standard InChI is InChI=1S/C20H26N2O4S/c1-14(2)16-6-10-18(11-7-16)26-15(3)20(23)21-17-8-12-19(13-9-17)27(24,25)22(4)5/h6-15H,1-5H3,(H,21,23)/t15-/m1/s1. The molecule has 0 radical (unpaired) electrons. The van der Waals surface area contributed by atoms with E-state index in [2.05, 4.69) is 19.2 Å². The third-order valence-electron chi connectivity index (χ3n) is 4.13. The zero-order valence-electron chi connectivity index (χ0n) is 16.3. The van der Waals surface area contributed by atoms with Gasteiger partial charge in [-0.25, -0.2) is 12.7 Å². The van der Waals surface area contributed by atoms with Gasteiger partial charge in [-0.05, 0) is 54.8 Å². The zero-order valence-corrected chi connectivity index (χ0v) is 17.1. The highest BCUT2D eigenvalue weighted by Crippen LogP contribution is 2.20. The van der Waals surface area contributed by atoms with E-state index >= 15 is 0 Å². The minimum absolute atomic E-state index is 0.167. The summed E-state index contributed by atoms with van der Waals surface area (Å²) in [6.45, 7) is 5.89. The monoisotopic (exact) mass is 390 g/mol. The Labute approximate surface area is 161 Å². The van der Waals surface area contributed by atoms with Gasteiger partial charge < -0.3 is 10.1 Å². The second-order valence-corrected chi connectivity index (χ2v) is 8.94. The van der Waals surface area contributed by atoms with Crippen molar-refractivity contribution in [3.63, 3.8) is 0 Å². The molecule has 0 aliphatic carbocycles. The van der Waals surface area contributed by atoms with Crippen molar-refractivity contribution in [1.82, 2.24) is 4.31 Å². The molecule has 146 valence electrons. The Morgan fingerprint density at radius 2 is 1.52 bits per heavy atom. The third-order valence-corrected chi connectivity index (χ3v) is 5.96. The van der Waals surface area contributed by atoms with Gasteiger partial charge in [-0.1, -0.05) is 26.0 Å². The molecule has 0 aliphatic heterocycles. The predicted octanol–water partition coefficient (Wildman–Crippen LogP) is 3.47. The van der Waals surface area contributed by atoms with E-state index in [0.717, 1.165) is 4.31 Å². The van der Waals surface area contributed by atoms with Crippen molar-refractivity contribution in [2.24, 2.45) is 0 Å². The molecular formula is C20H26N2O4S. The summed E-state index contributed by atoms with van der Waals surface area (Å²) in [6.07, 6.45) is -0.694. The summed E-state index contributed by atoms with van der Waals surface area (Å²) in [5.41, 5.74) is 1.70. The highest BCUT2D eigenvalue weighted by atomic mass is 32.2. The van der Waals surface area contributed by atoms with Gasteiger partial charge in [0.05, 0.1) is 4.90 Å². The SMILES string of the molecule is CC(C)c1ccc(O[C@H](C)C(=O)Nc2ccc(S(=O)(=O)N(C)C)cc2)cc1. The van der Waals surface area contributed by atoms with Gasteiger partial charge in [0.1, 0.15) is 5.75 Å². The van der Waals surface area contributed by atoms with Gasteiger partial charge in [-0.15, -0.1) is 0 Å². The molecule has 1 atom stereocenters. The molecule has 6 nitrogen and oxygen atoms in total. The van der Waals surface area contributed by atoms with E-state index in [9.17, 15) is 13.2 Å². The minimum atomic E-state index is -3.49. The fraction of sp³-hybridized carbons (Fsp3) is 0.350. The second-order valence-electron chi connectivity index (χ2n) is 6.78. The topological polar surface area (TPSA) is 75.7 Å². The largest absolute Gasteiger partial charge is 0.481 e. The minimum Gasteiger partial charge on any atom is -0.481 e. The van der Waals surface area contributed by atoms with Crippen LogP contribution in [0.2, 0.25) is 0 Å². The van der Waals surface area contributed by atoms with E-state index in [1.165, 1.54) is 31.8 Å². The summed E-state index contributed by atoms with van der Waals surface area (Å²) < 4.78 is 30.9. The van der Waals surface area contributed by atoms with Crippen molar-refractivity contribution < 1.29 is 17.9 Å². The Kier molecular flexibility index (Phi) is 6.62. The molecule has 7 heteroatoms. The fourth-order valence-corrected chi connectivity index (χ4v) is 3.26. The van der Waals surface area contributed by atoms with Crippen LogP contribution in [0.4, 0.5) is 5.69 Å². The Hall–Kier alpha value is -2.38. The molecule has 0 bridgehead atoms. The van der Waals surface area contributed by atoms with E-state index < -0.39 is 16.1 Å². The number of nitrogens with zero attached hydrogens (tertiary/aromatic N) is 1. The van der Waals surface area contributed by atoms with Crippen molar-refractivity contribution >= 4 is 21.6 Å². The molecule has 0 fully saturated rings. The van der Waals surface area contributed by atoms with Crippen molar-refractivity contribution in [2.45, 2.75) is 37.7 Å². The van der Waals surface area contributed by atoms with Crippen LogP contribution < -0.4 is 10.1 Å². The van der Waals surface area contributed by atoms with Gasteiger partial charge in [0.2, 0.25) is 10.0 Å². The molecule has 0 spiro atoms. The van der Waals surface area contributed by atoms with Crippen LogP contribution in [-0.4, -0.2) is 38.8 Å². The molecule has 2 aromatic carbocycles. The molecule has 1 N–H and O–H groups in total. The lowest BCUT2D eigenvalue weighted by Gasteiger charge is -2.16. The van der Waals surface area contributed by atoms with Crippen LogP contribution in [-0.2, 0) is 14.8 Å². The van der Waals surface area contributed by atoms with Crippen LogP contribution in [0.3, 0.4) is 0 Å². The number of ether oxygens (including phenoxy) is 1. The second kappa shape index (κ2) is 8.54. The highest BCUT2D eigenvalue weighted by molar-refractivity contribution is 7.89. The first kappa shape index (κ1) is 20.9. The first-order valence-corrected chi connectivity index (χ1v) is 10.2. The number of carbonyl (C=O) groups is 1. The summed E-state index contributed by atoms with van der Waals surface area (Å²) in [6, 6.07) is 13.7. The number of carbonyl (C=O) groups excluding carboxylic acids is 1. The molecule has 0 aliphatic rings. The molecule has 1 amide bonds. The maximum atomic E-state index is 12.3. The van der Waals surface area contributed by atoms with Gasteiger partial charge in [0.25, 0.3) is 5.91 Å². The summed E-state index contributed by atoms with van der Waals surface area (Å²) >= 11 is 0. The van der Waals surface area contributed by atoms with Gasteiger partial charge >= 0.3 is 0 Å². The van der Waals surface area contributed by atoms with E-state index in [0.29, 0.717) is 17.4 Å². The predicted molar refractivity (Wildman–Crippen MR) is 107 cm³/mol. The van der Waals surface area contributed by atoms with Crippen LogP contribution in [0.5, 0.6) is 5.75 Å². The number of nitrogens with one attached hydrogen (secondary N) is 1. The summed E-state index contributed by atoms with van der Waals surface area (Å²) in [5, 5.41) is 2.73. The lowest BCUT2D eigenvalue weighted by molar-refractivity contribution is -0.122. The molecule has 0 saturated carbocycles. The molecule has 0 saturated heterocycles. The number of amides is 1. The molecule has 27 heavy (non-hydrogen) atoms. The van der Waals surface area contributed by atoms with E-state index in [1.54, 1.807) is 19.1 Å². The van der Waals surface area contributed by atoms with Crippen molar-refractivity contribution in [2.75, 3.05) is 19.4 Å². The smallest absolute Gasteiger partial charge is 0.265 e. The van der Waals surface area contributed by atoms with E-state index in [1.807, 2.05) is 24.3 Å². The number of sulfonamides is 1. The number of hydrogen-bond acceptors (Lipinski definition) is 4. The van der Waals surface area contributed by atoms with Crippen LogP contribution >= 0.6 is 0 Å². The summed E-state index contributed by atoms with van der Waals surface area (Å²) in [5.74, 6) is 0.736. The molecule has 2 rings (SSSR count). The Bertz CT molecular complexity index is 873. The Morgan fingerprint density at radius 1 is 0.963 bits per heavy atom. The van der Waals surface area contributed by atoms with Crippen molar-refractivity contribution in [1.29, 1.82) is 0 Å². The number of rotatable bonds is 7. The fourth-order valence-electron chi connectivity index (χ4n) is 2.35. The normalized spacial score (nSPS) is 12.9. The first-order chi connectivity index (χ1) is 12.6. The number of hydrogen-bond donors (Lipinski definition) is 1. The quantitative estimate of drug-likeness (QED) is 0.785. The van der Waals surface area contributed by atoms with Gasteiger partial charge in [0.15, 0.2) is 6.10 Å². The van der Waals surface area contributed by atoms with Crippen molar-refractivity contribution in [3.8, 4) is 5.75 Å². The lowest BCUT2D eigenvalue weighted by atomic mass is 10.0. The van der Waals surface area contributed by atoms with Crippen LogP contribution in [0.15, 0.2) is 53.4 Å². The average molecular weight is 391 g/mol. The lowest BCUT2D eigenvalue weighted by Crippen LogP contribution is -2.30. The maximum Gasteiger partial charge on any atom is 0.265 e. The van der Waals surface area contributed by atoms with Crippen LogP contribution in [0.25, 0.3) is 0 Å². The molecular weight excluding hydrogens is 364 g/mol. The molecule has 0 aromatic heterocycles. The van der Waals surface area contributed by atoms with E-state index in [-0.39, 0.29) is 10.8 Å². The molecule has 2 aromatic rings. The first-order valence-electron chi connectivity index (χ1n) is 8.71. The zero-order chi connectivity index (χ0) is 20.2. The Balaban J connectivity index is 1.99. The average Bonchev–Trinajstić information content (AvgIpc) is 2.62. The van der Waals surface area contributed by atoms with Crippen LogP contribution in [0, 0.1) is 0 Å². The van der Waals surface area contributed by atoms with Crippen LogP contribution in [0.1, 0.15) is 32.3 Å². The summed E-state index contributed by atoms with van der Waals surface area (Å²) in [4.78, 5) is 12.5. The number of anilines is 1. The van der Waals surface area contributed by atoms with Crippen molar-refractivity contribution in [3.05, 3.63) is 54.1 Å². The maximum absolute atomic E-state index is 12.3. The highest BCUT2D eigenvalue weighted by Gasteiger charge is 2.18. The molecule has 0 unspecified atom stereocenters. The van der Waals surface area contributed by atoms with Gasteiger partial charge in [-0.3, -0.25) is 4.79 Å². The third kappa shape index (κ3) is 5.30. The number of benzene rings is 2. The van der Waals surface area contributed by atoms with Gasteiger partial charge in [0, 0.05) is 19.8 Å². The van der Waals surface area contributed by atoms with E-state index in [4.69, 9.17) is 4.74 Å². The Morgan fingerprint density at radius 3 is 2.00 bits per heavy atom. The van der Waals surface area contributed by atoms with Gasteiger partial charge in [-0.2, -0.15) is 0 Å². The molecule has 0 heterocycles. The summed E-state index contributed by atoms with van der Waals surface area (Å²) in [7, 11) is -0.553.